The third-order valence-electron chi connectivity index (χ3n) is 5.74. The zero-order chi connectivity index (χ0) is 30.6. The molecule has 1 N–H and O–H groups in total. The molecule has 1 aromatic carbocycles. The molecule has 2 unspecified atom stereocenters. The number of aliphatic hydroxyl groups excluding tert-OH is 1. The summed E-state index contributed by atoms with van der Waals surface area (Å²) in [6.45, 7) is 3.39. The molecule has 0 fully saturated rings. The number of hydrogen-bond acceptors (Lipinski definition) is 1. The van der Waals surface area contributed by atoms with Gasteiger partial charge in [-0.2, -0.15) is 74.6 Å². The van der Waals surface area contributed by atoms with E-state index >= 15 is 0 Å². The minimum Gasteiger partial charge on any atom is -0.388 e. The first-order chi connectivity index (χ1) is 16.6. The van der Waals surface area contributed by atoms with Crippen LogP contribution >= 0.6 is 0 Å². The Bertz CT molecular complexity index is 949. The molecule has 0 aliphatic rings. The van der Waals surface area contributed by atoms with Crippen LogP contribution in [0.2, 0.25) is 0 Å². The van der Waals surface area contributed by atoms with Gasteiger partial charge in [0.05, 0.1) is 6.10 Å². The van der Waals surface area contributed by atoms with Gasteiger partial charge in [-0.3, -0.25) is 0 Å². The van der Waals surface area contributed by atoms with Crippen molar-refractivity contribution in [1.82, 2.24) is 0 Å². The van der Waals surface area contributed by atoms with Gasteiger partial charge in [0.15, 0.2) is 0 Å². The highest BCUT2D eigenvalue weighted by atomic mass is 19.4. The Morgan fingerprint density at radius 1 is 0.553 bits per heavy atom. The van der Waals surface area contributed by atoms with Crippen LogP contribution in [0, 0.1) is 0 Å². The van der Waals surface area contributed by atoms with Crippen LogP contribution in [0.1, 0.15) is 49.8 Å². The monoisotopic (exact) mass is 596 g/mol. The Morgan fingerprint density at radius 2 is 0.868 bits per heavy atom. The van der Waals surface area contributed by atoms with Crippen LogP contribution in [0.15, 0.2) is 24.3 Å². The maximum atomic E-state index is 14.0. The van der Waals surface area contributed by atoms with Gasteiger partial charge in [-0.15, -0.1) is 0 Å². The molecular formula is C20H17F17O. The molecule has 0 spiro atoms. The number of rotatable bonds is 11. The third-order valence-corrected chi connectivity index (χ3v) is 5.74. The van der Waals surface area contributed by atoms with E-state index in [2.05, 4.69) is 0 Å². The second-order valence-corrected chi connectivity index (χ2v) is 8.34. The van der Waals surface area contributed by atoms with Crippen molar-refractivity contribution >= 4 is 0 Å². The van der Waals surface area contributed by atoms with Gasteiger partial charge in [-0.1, -0.05) is 38.1 Å². The SMILES string of the molecule is CCC(C)c1ccc(C(O)CC(F)(F)C(F)(F)C(F)(F)C(F)(F)C(F)(F)C(F)(F)C(F)(F)C(F)(F)F)cc1. The van der Waals surface area contributed by atoms with Crippen molar-refractivity contribution < 1.29 is 79.7 Å². The van der Waals surface area contributed by atoms with Crippen LogP contribution in [0.5, 0.6) is 0 Å². The van der Waals surface area contributed by atoms with Gasteiger partial charge >= 0.3 is 47.6 Å². The molecule has 0 bridgehead atoms. The van der Waals surface area contributed by atoms with E-state index < -0.39 is 65.7 Å². The molecule has 0 saturated carbocycles. The van der Waals surface area contributed by atoms with Gasteiger partial charge in [0.25, 0.3) is 0 Å². The molecule has 18 heteroatoms. The zero-order valence-corrected chi connectivity index (χ0v) is 18.8. The Labute approximate surface area is 202 Å². The van der Waals surface area contributed by atoms with E-state index in [0.717, 1.165) is 24.3 Å². The summed E-state index contributed by atoms with van der Waals surface area (Å²) >= 11 is 0. The molecular weight excluding hydrogens is 579 g/mol. The lowest BCUT2D eigenvalue weighted by molar-refractivity contribution is -0.462. The Kier molecular flexibility index (Phi) is 8.84. The molecule has 0 heterocycles. The summed E-state index contributed by atoms with van der Waals surface area (Å²) < 4.78 is 226. The quantitative estimate of drug-likeness (QED) is 0.254. The summed E-state index contributed by atoms with van der Waals surface area (Å²) in [5, 5.41) is 9.72. The first-order valence-corrected chi connectivity index (χ1v) is 10.1. The van der Waals surface area contributed by atoms with Gasteiger partial charge in [-0.25, -0.2) is 0 Å². The first kappa shape index (κ1) is 34.0. The van der Waals surface area contributed by atoms with Crippen LogP contribution < -0.4 is 0 Å². The second-order valence-electron chi connectivity index (χ2n) is 8.34. The predicted molar refractivity (Wildman–Crippen MR) is 95.4 cm³/mol. The van der Waals surface area contributed by atoms with Crippen molar-refractivity contribution in [3.8, 4) is 0 Å². The van der Waals surface area contributed by atoms with Crippen molar-refractivity contribution in [2.24, 2.45) is 0 Å². The average molecular weight is 596 g/mol. The Hall–Kier alpha value is -2.01. The molecule has 222 valence electrons. The largest absolute Gasteiger partial charge is 0.460 e. The second kappa shape index (κ2) is 9.87. The van der Waals surface area contributed by atoms with E-state index in [1.54, 1.807) is 13.8 Å². The van der Waals surface area contributed by atoms with Crippen LogP contribution in [-0.4, -0.2) is 52.7 Å². The van der Waals surface area contributed by atoms with Crippen molar-refractivity contribution in [2.75, 3.05) is 0 Å². The molecule has 0 saturated heterocycles. The zero-order valence-electron chi connectivity index (χ0n) is 18.8. The minimum atomic E-state index is -8.67. The maximum Gasteiger partial charge on any atom is 0.460 e. The van der Waals surface area contributed by atoms with Gasteiger partial charge in [0, 0.05) is 6.42 Å². The van der Waals surface area contributed by atoms with Gasteiger partial charge in [0.1, 0.15) is 0 Å². The first-order valence-electron chi connectivity index (χ1n) is 10.1. The number of hydrogen-bond donors (Lipinski definition) is 1. The number of benzene rings is 1. The topological polar surface area (TPSA) is 20.2 Å². The Balaban J connectivity index is 3.47. The van der Waals surface area contributed by atoms with Gasteiger partial charge in [-0.05, 0) is 23.5 Å². The lowest BCUT2D eigenvalue weighted by Gasteiger charge is -2.43. The van der Waals surface area contributed by atoms with Gasteiger partial charge in [0.2, 0.25) is 0 Å². The lowest BCUT2D eigenvalue weighted by atomic mass is 9.87. The van der Waals surface area contributed by atoms with Gasteiger partial charge < -0.3 is 5.11 Å². The van der Waals surface area contributed by atoms with E-state index in [4.69, 9.17) is 0 Å². The van der Waals surface area contributed by atoms with Crippen LogP contribution in [0.25, 0.3) is 0 Å². The smallest absolute Gasteiger partial charge is 0.388 e. The van der Waals surface area contributed by atoms with E-state index in [1.165, 1.54) is 0 Å². The fourth-order valence-corrected chi connectivity index (χ4v) is 2.97. The molecule has 0 aliphatic carbocycles. The number of halogens is 17. The van der Waals surface area contributed by atoms with Crippen LogP contribution in [-0.2, 0) is 0 Å². The number of aliphatic hydroxyl groups is 1. The molecule has 1 aromatic rings. The van der Waals surface area contributed by atoms with Crippen molar-refractivity contribution in [3.63, 3.8) is 0 Å². The summed E-state index contributed by atoms with van der Waals surface area (Å²) in [7, 11) is 0. The number of alkyl halides is 17. The maximum absolute atomic E-state index is 14.0. The Morgan fingerprint density at radius 3 is 1.21 bits per heavy atom. The molecule has 0 radical (unpaired) electrons. The van der Waals surface area contributed by atoms with Crippen LogP contribution in [0.3, 0.4) is 0 Å². The minimum absolute atomic E-state index is 0.155. The highest BCUT2D eigenvalue weighted by Crippen LogP contribution is 2.64. The molecule has 1 nitrogen and oxygen atoms in total. The highest BCUT2D eigenvalue weighted by Gasteiger charge is 2.95. The van der Waals surface area contributed by atoms with E-state index in [0.29, 0.717) is 12.0 Å². The normalized spacial score (nSPS) is 16.9. The van der Waals surface area contributed by atoms with Crippen molar-refractivity contribution in [1.29, 1.82) is 0 Å². The molecule has 0 aromatic heterocycles. The van der Waals surface area contributed by atoms with E-state index in [1.807, 2.05) is 0 Å². The predicted octanol–water partition coefficient (Wildman–Crippen LogP) is 8.63. The standard InChI is InChI=1S/C20H17F17O/c1-3-9(2)10-4-6-11(7-5-10)12(38)8-13(21,22)14(23,24)15(25,26)16(27,28)17(29,30)18(31,32)19(33,34)20(35,36)37/h4-7,9,12,38H,3,8H2,1-2H3. The molecule has 2 atom stereocenters. The molecule has 1 rings (SSSR count). The summed E-state index contributed by atoms with van der Waals surface area (Å²) in [5.74, 6) is -57.0. The fourth-order valence-electron chi connectivity index (χ4n) is 2.97. The van der Waals surface area contributed by atoms with E-state index in [-0.39, 0.29) is 5.92 Å². The van der Waals surface area contributed by atoms with Crippen LogP contribution in [0.4, 0.5) is 74.6 Å². The van der Waals surface area contributed by atoms with E-state index in [9.17, 15) is 79.7 Å². The molecule has 0 amide bonds. The summed E-state index contributed by atoms with van der Waals surface area (Å²) in [4.78, 5) is 0. The molecule has 0 aliphatic heterocycles. The average Bonchev–Trinajstić information content (AvgIpc) is 2.76. The van der Waals surface area contributed by atoms with Crippen molar-refractivity contribution in [2.45, 2.75) is 86.3 Å². The fraction of sp³-hybridized carbons (Fsp3) is 0.700. The molecule has 38 heavy (non-hydrogen) atoms. The summed E-state index contributed by atoms with van der Waals surface area (Å²) in [6.07, 6.45) is -13.1. The highest BCUT2D eigenvalue weighted by molar-refractivity contribution is 5.27. The van der Waals surface area contributed by atoms with Crippen molar-refractivity contribution in [3.05, 3.63) is 35.4 Å². The summed E-state index contributed by atoms with van der Waals surface area (Å²) in [5.41, 5.74) is -0.199. The summed E-state index contributed by atoms with van der Waals surface area (Å²) in [6, 6.07) is 3.96. The lowest BCUT2D eigenvalue weighted by Crippen LogP contribution is -2.74. The third kappa shape index (κ3) is 5.00.